The number of thiophene rings is 1. The lowest BCUT2D eigenvalue weighted by Crippen LogP contribution is -2.31. The van der Waals surface area contributed by atoms with E-state index in [4.69, 9.17) is 19.4 Å². The quantitative estimate of drug-likeness (QED) is 0.138. The zero-order valence-electron chi connectivity index (χ0n) is 20.3. The summed E-state index contributed by atoms with van der Waals surface area (Å²) in [5.41, 5.74) is 2.95. The Bertz CT molecular complexity index is 1340. The van der Waals surface area contributed by atoms with Gasteiger partial charge in [-0.25, -0.2) is 14.4 Å². The van der Waals surface area contributed by atoms with Gasteiger partial charge >= 0.3 is 0 Å². The highest BCUT2D eigenvalue weighted by atomic mass is 32.2. The summed E-state index contributed by atoms with van der Waals surface area (Å²) in [7, 11) is 0. The number of nitrogens with zero attached hydrogens (tertiary/aromatic N) is 2. The molecular weight excluding hydrogens is 479 g/mol. The van der Waals surface area contributed by atoms with Gasteiger partial charge in [0.25, 0.3) is 0 Å². The number of fused-ring (bicyclic) bond motifs is 3. The molecule has 2 aromatic carbocycles. The van der Waals surface area contributed by atoms with Crippen LogP contribution in [0.3, 0.4) is 0 Å². The van der Waals surface area contributed by atoms with Crippen LogP contribution in [0.2, 0.25) is 0 Å². The average Bonchev–Trinajstić information content (AvgIpc) is 3.20. The van der Waals surface area contributed by atoms with Crippen LogP contribution < -0.4 is 4.74 Å². The van der Waals surface area contributed by atoms with Gasteiger partial charge in [0.15, 0.2) is 5.82 Å². The standard InChI is InChI=1S/C28H29FN2O2S2/c1-4-5-13-32-21-11-9-19(10-12-21)25-30-26(34-17-18-7-6-8-20(29)14-18)24-22-15-28(2,3)33-16-23(22)35-27(24)31-25/h6-12,14H,4-5,13,15-17H2,1-3H3. The first-order valence-corrected chi connectivity index (χ1v) is 13.8. The highest BCUT2D eigenvalue weighted by Gasteiger charge is 2.31. The number of hydrogen-bond acceptors (Lipinski definition) is 6. The van der Waals surface area contributed by atoms with Crippen molar-refractivity contribution in [2.45, 2.75) is 63.0 Å². The van der Waals surface area contributed by atoms with E-state index in [-0.39, 0.29) is 11.4 Å². The van der Waals surface area contributed by atoms with Gasteiger partial charge in [-0.2, -0.15) is 0 Å². The topological polar surface area (TPSA) is 44.2 Å². The van der Waals surface area contributed by atoms with Crippen LogP contribution in [-0.4, -0.2) is 22.2 Å². The zero-order valence-corrected chi connectivity index (χ0v) is 21.9. The van der Waals surface area contributed by atoms with Crippen molar-refractivity contribution in [1.82, 2.24) is 9.97 Å². The highest BCUT2D eigenvalue weighted by Crippen LogP contribution is 2.43. The van der Waals surface area contributed by atoms with Crippen LogP contribution in [0.1, 0.15) is 49.6 Å². The third-order valence-corrected chi connectivity index (χ3v) is 8.19. The van der Waals surface area contributed by atoms with E-state index < -0.39 is 0 Å². The summed E-state index contributed by atoms with van der Waals surface area (Å²) in [4.78, 5) is 12.2. The molecule has 0 N–H and O–H groups in total. The molecule has 7 heteroatoms. The number of ether oxygens (including phenoxy) is 2. The highest BCUT2D eigenvalue weighted by molar-refractivity contribution is 7.98. The number of thioether (sulfide) groups is 1. The number of benzene rings is 2. The summed E-state index contributed by atoms with van der Waals surface area (Å²) >= 11 is 3.33. The van der Waals surface area contributed by atoms with Gasteiger partial charge in [0, 0.05) is 28.0 Å². The first-order chi connectivity index (χ1) is 16.9. The van der Waals surface area contributed by atoms with Crippen molar-refractivity contribution in [3.8, 4) is 17.1 Å². The van der Waals surface area contributed by atoms with Gasteiger partial charge < -0.3 is 9.47 Å². The summed E-state index contributed by atoms with van der Waals surface area (Å²) in [6.07, 6.45) is 2.97. The molecule has 182 valence electrons. The second-order valence-corrected chi connectivity index (χ2v) is 11.5. The normalized spacial score (nSPS) is 14.7. The van der Waals surface area contributed by atoms with E-state index in [9.17, 15) is 4.39 Å². The van der Waals surface area contributed by atoms with Crippen LogP contribution in [0, 0.1) is 5.82 Å². The van der Waals surface area contributed by atoms with Gasteiger partial charge in [0.2, 0.25) is 0 Å². The molecule has 4 nitrogen and oxygen atoms in total. The first-order valence-electron chi connectivity index (χ1n) is 12.0. The Kier molecular flexibility index (Phi) is 7.09. The molecule has 5 rings (SSSR count). The second kappa shape index (κ2) is 10.2. The molecule has 0 bridgehead atoms. The first kappa shape index (κ1) is 24.2. The predicted octanol–water partition coefficient (Wildman–Crippen LogP) is 7.82. The van der Waals surface area contributed by atoms with Crippen molar-refractivity contribution >= 4 is 33.3 Å². The molecule has 1 aliphatic heterocycles. The third kappa shape index (κ3) is 5.52. The van der Waals surface area contributed by atoms with E-state index >= 15 is 0 Å². The lowest BCUT2D eigenvalue weighted by molar-refractivity contribution is -0.0379. The number of unbranched alkanes of at least 4 members (excludes halogenated alkanes) is 1. The van der Waals surface area contributed by atoms with Crippen molar-refractivity contribution in [2.75, 3.05) is 6.61 Å². The number of rotatable bonds is 8. The van der Waals surface area contributed by atoms with Gasteiger partial charge in [0.05, 0.1) is 18.8 Å². The van der Waals surface area contributed by atoms with Gasteiger partial charge in [-0.3, -0.25) is 0 Å². The molecule has 3 heterocycles. The van der Waals surface area contributed by atoms with E-state index in [0.717, 1.165) is 58.0 Å². The molecule has 35 heavy (non-hydrogen) atoms. The summed E-state index contributed by atoms with van der Waals surface area (Å²) in [6.45, 7) is 7.71. The predicted molar refractivity (Wildman–Crippen MR) is 142 cm³/mol. The molecule has 2 aromatic heterocycles. The Balaban J connectivity index is 1.52. The van der Waals surface area contributed by atoms with Crippen molar-refractivity contribution in [3.63, 3.8) is 0 Å². The maximum absolute atomic E-state index is 13.8. The SMILES string of the molecule is CCCCOc1ccc(-c2nc(SCc3cccc(F)c3)c3c4c(sc3n2)COC(C)(C)C4)cc1. The monoisotopic (exact) mass is 508 g/mol. The Hall–Kier alpha value is -2.48. The fraction of sp³-hybridized carbons (Fsp3) is 0.357. The minimum atomic E-state index is -0.224. The van der Waals surface area contributed by atoms with Gasteiger partial charge in [0.1, 0.15) is 21.4 Å². The molecular formula is C28H29FN2O2S2. The lowest BCUT2D eigenvalue weighted by Gasteiger charge is -2.30. The van der Waals surface area contributed by atoms with Crippen LogP contribution in [-0.2, 0) is 23.5 Å². The van der Waals surface area contributed by atoms with Gasteiger partial charge in [-0.05, 0) is 67.8 Å². The minimum absolute atomic E-state index is 0.218. The summed E-state index contributed by atoms with van der Waals surface area (Å²) in [6, 6.07) is 14.8. The van der Waals surface area contributed by atoms with Crippen molar-refractivity contribution < 1.29 is 13.9 Å². The Morgan fingerprint density at radius 1 is 1.14 bits per heavy atom. The smallest absolute Gasteiger partial charge is 0.162 e. The van der Waals surface area contributed by atoms with Crippen LogP contribution >= 0.6 is 23.1 Å². The number of aromatic nitrogens is 2. The van der Waals surface area contributed by atoms with E-state index in [1.165, 1.54) is 16.5 Å². The van der Waals surface area contributed by atoms with E-state index in [1.807, 2.05) is 30.3 Å². The summed E-state index contributed by atoms with van der Waals surface area (Å²) < 4.78 is 25.7. The molecule has 0 atom stereocenters. The molecule has 0 amide bonds. The van der Waals surface area contributed by atoms with Crippen LogP contribution in [0.4, 0.5) is 4.39 Å². The zero-order chi connectivity index (χ0) is 24.4. The van der Waals surface area contributed by atoms with E-state index in [1.54, 1.807) is 35.2 Å². The van der Waals surface area contributed by atoms with Crippen molar-refractivity contribution in [2.24, 2.45) is 0 Å². The summed E-state index contributed by atoms with van der Waals surface area (Å²) in [5.74, 6) is 1.97. The molecule has 0 saturated carbocycles. The molecule has 0 unspecified atom stereocenters. The third-order valence-electron chi connectivity index (χ3n) is 6.04. The second-order valence-electron chi connectivity index (χ2n) is 9.41. The maximum Gasteiger partial charge on any atom is 0.162 e. The Morgan fingerprint density at radius 3 is 2.74 bits per heavy atom. The van der Waals surface area contributed by atoms with Gasteiger partial charge in [-0.15, -0.1) is 23.1 Å². The van der Waals surface area contributed by atoms with E-state index in [2.05, 4.69) is 20.8 Å². The maximum atomic E-state index is 13.8. The molecule has 0 aliphatic carbocycles. The lowest BCUT2D eigenvalue weighted by atomic mass is 9.94. The largest absolute Gasteiger partial charge is 0.494 e. The molecule has 0 spiro atoms. The summed E-state index contributed by atoms with van der Waals surface area (Å²) in [5, 5.41) is 2.05. The van der Waals surface area contributed by atoms with Gasteiger partial charge in [-0.1, -0.05) is 25.5 Å². The average molecular weight is 509 g/mol. The van der Waals surface area contributed by atoms with Crippen LogP contribution in [0.25, 0.3) is 21.6 Å². The number of halogens is 1. The molecule has 0 fully saturated rings. The molecule has 1 aliphatic rings. The fourth-order valence-electron chi connectivity index (χ4n) is 4.16. The van der Waals surface area contributed by atoms with Crippen molar-refractivity contribution in [3.05, 3.63) is 70.4 Å². The minimum Gasteiger partial charge on any atom is -0.494 e. The molecule has 0 saturated heterocycles. The molecule has 4 aromatic rings. The van der Waals surface area contributed by atoms with Crippen LogP contribution in [0.5, 0.6) is 5.75 Å². The van der Waals surface area contributed by atoms with E-state index in [0.29, 0.717) is 18.2 Å². The molecule has 0 radical (unpaired) electrons. The Morgan fingerprint density at radius 2 is 1.97 bits per heavy atom. The van der Waals surface area contributed by atoms with Crippen LogP contribution in [0.15, 0.2) is 53.6 Å². The Labute approximate surface area is 213 Å². The van der Waals surface area contributed by atoms with Crippen molar-refractivity contribution in [1.29, 1.82) is 0 Å². The number of hydrogen-bond donors (Lipinski definition) is 0. The fourth-order valence-corrected chi connectivity index (χ4v) is 6.32.